The van der Waals surface area contributed by atoms with Crippen LogP contribution in [0.25, 0.3) is 0 Å². The van der Waals surface area contributed by atoms with E-state index >= 15 is 0 Å². The number of morpholine rings is 1. The van der Waals surface area contributed by atoms with Gasteiger partial charge >= 0.3 is 6.03 Å². The van der Waals surface area contributed by atoms with Crippen LogP contribution < -0.4 is 5.32 Å². The molecule has 1 saturated heterocycles. The van der Waals surface area contributed by atoms with Gasteiger partial charge in [-0.15, -0.1) is 0 Å². The maximum atomic E-state index is 12.5. The van der Waals surface area contributed by atoms with Gasteiger partial charge < -0.3 is 15.0 Å². The summed E-state index contributed by atoms with van der Waals surface area (Å²) in [6, 6.07) is 5.53. The number of rotatable bonds is 2. The highest BCUT2D eigenvalue weighted by atomic mass is 16.5. The third-order valence-electron chi connectivity index (χ3n) is 3.88. The van der Waals surface area contributed by atoms with Crippen molar-refractivity contribution < 1.29 is 9.53 Å². The molecule has 7 heteroatoms. The van der Waals surface area contributed by atoms with Crippen LogP contribution in [0.4, 0.5) is 10.5 Å². The van der Waals surface area contributed by atoms with Crippen molar-refractivity contribution in [2.45, 2.75) is 20.0 Å². The van der Waals surface area contributed by atoms with Crippen LogP contribution in [0.2, 0.25) is 0 Å². The number of nitrogens with one attached hydrogen (secondary N) is 1. The molecule has 1 N–H and O–H groups in total. The quantitative estimate of drug-likeness (QED) is 0.920. The van der Waals surface area contributed by atoms with Gasteiger partial charge in [-0.05, 0) is 32.0 Å². The number of pyridine rings is 1. The third-order valence-corrected chi connectivity index (χ3v) is 3.88. The van der Waals surface area contributed by atoms with Gasteiger partial charge in [-0.2, -0.15) is 5.10 Å². The van der Waals surface area contributed by atoms with Gasteiger partial charge in [-0.1, -0.05) is 0 Å². The Morgan fingerprint density at radius 3 is 2.74 bits per heavy atom. The lowest BCUT2D eigenvalue weighted by atomic mass is 10.2. The van der Waals surface area contributed by atoms with Gasteiger partial charge in [0.1, 0.15) is 6.10 Å². The number of ether oxygens (including phenoxy) is 1. The molecule has 3 rings (SSSR count). The summed E-state index contributed by atoms with van der Waals surface area (Å²) in [6.45, 7) is 5.42. The molecule has 0 radical (unpaired) electrons. The summed E-state index contributed by atoms with van der Waals surface area (Å²) in [5, 5.41) is 7.10. The molecule has 2 amide bonds. The van der Waals surface area contributed by atoms with E-state index in [0.29, 0.717) is 19.7 Å². The normalized spacial score (nSPS) is 18.0. The predicted octanol–water partition coefficient (Wildman–Crippen LogP) is 2.04. The number of nitrogens with zero attached hydrogens (tertiary/aromatic N) is 4. The number of hydrogen-bond donors (Lipinski definition) is 1. The van der Waals surface area contributed by atoms with Crippen molar-refractivity contribution in [2.24, 2.45) is 7.05 Å². The van der Waals surface area contributed by atoms with Crippen LogP contribution in [0, 0.1) is 13.8 Å². The average molecular weight is 315 g/mol. The van der Waals surface area contributed by atoms with E-state index in [1.54, 1.807) is 15.8 Å². The van der Waals surface area contributed by atoms with Crippen molar-refractivity contribution in [1.29, 1.82) is 0 Å². The van der Waals surface area contributed by atoms with Crippen molar-refractivity contribution in [3.05, 3.63) is 41.5 Å². The Morgan fingerprint density at radius 2 is 2.09 bits per heavy atom. The summed E-state index contributed by atoms with van der Waals surface area (Å²) < 4.78 is 7.56. The lowest BCUT2D eigenvalue weighted by molar-refractivity contribution is -0.0175. The maximum Gasteiger partial charge on any atom is 0.322 e. The Hall–Kier alpha value is -2.41. The Morgan fingerprint density at radius 1 is 1.35 bits per heavy atom. The minimum atomic E-state index is -0.150. The van der Waals surface area contributed by atoms with E-state index < -0.39 is 0 Å². The first-order chi connectivity index (χ1) is 11.0. The molecule has 1 fully saturated rings. The number of carbonyl (C=O) groups is 1. The molecule has 23 heavy (non-hydrogen) atoms. The highest BCUT2D eigenvalue weighted by molar-refractivity contribution is 5.89. The molecular formula is C16H21N5O2. The monoisotopic (exact) mass is 315 g/mol. The number of aryl methyl sites for hydroxylation is 3. The molecule has 1 aliphatic rings. The summed E-state index contributed by atoms with van der Waals surface area (Å²) in [5.74, 6) is 0. The van der Waals surface area contributed by atoms with Crippen LogP contribution in [0.5, 0.6) is 0 Å². The first-order valence-electron chi connectivity index (χ1n) is 7.63. The second kappa shape index (κ2) is 6.37. The van der Waals surface area contributed by atoms with Crippen LogP contribution >= 0.6 is 0 Å². The number of carbonyl (C=O) groups excluding carboxylic acids is 1. The molecule has 2 aromatic heterocycles. The fourth-order valence-corrected chi connectivity index (χ4v) is 2.82. The fraction of sp³-hybridized carbons (Fsp3) is 0.438. The number of hydrogen-bond acceptors (Lipinski definition) is 4. The zero-order valence-electron chi connectivity index (χ0n) is 13.6. The van der Waals surface area contributed by atoms with Gasteiger partial charge in [-0.25, -0.2) is 4.79 Å². The molecule has 1 unspecified atom stereocenters. The molecule has 3 heterocycles. The average Bonchev–Trinajstić information content (AvgIpc) is 2.92. The Labute approximate surface area is 135 Å². The van der Waals surface area contributed by atoms with Gasteiger partial charge in [0.15, 0.2) is 0 Å². The lowest BCUT2D eigenvalue weighted by Gasteiger charge is -2.33. The van der Waals surface area contributed by atoms with Crippen LogP contribution in [-0.2, 0) is 11.8 Å². The molecular weight excluding hydrogens is 294 g/mol. The molecule has 0 spiro atoms. The summed E-state index contributed by atoms with van der Waals surface area (Å²) in [7, 11) is 1.88. The van der Waals surface area contributed by atoms with E-state index in [2.05, 4.69) is 15.4 Å². The first kappa shape index (κ1) is 15.5. The van der Waals surface area contributed by atoms with Crippen molar-refractivity contribution >= 4 is 11.7 Å². The molecule has 0 bridgehead atoms. The molecule has 7 nitrogen and oxygen atoms in total. The third kappa shape index (κ3) is 3.50. The standard InChI is InChI=1S/C16H21N5O2/c1-11-8-13(9-12(2)18-11)19-16(22)21-6-7-23-15(10-21)14-4-5-17-20(14)3/h4-5,8-9,15H,6-7,10H2,1-3H3,(H,18,19,22). The van der Waals surface area contributed by atoms with Crippen molar-refractivity contribution in [3.63, 3.8) is 0 Å². The first-order valence-corrected chi connectivity index (χ1v) is 7.63. The van der Waals surface area contributed by atoms with E-state index in [4.69, 9.17) is 4.74 Å². The highest BCUT2D eigenvalue weighted by Gasteiger charge is 2.27. The highest BCUT2D eigenvalue weighted by Crippen LogP contribution is 2.22. The molecule has 0 aromatic carbocycles. The van der Waals surface area contributed by atoms with Gasteiger partial charge in [0, 0.05) is 36.9 Å². The van der Waals surface area contributed by atoms with Crippen molar-refractivity contribution in [1.82, 2.24) is 19.7 Å². The number of aromatic nitrogens is 3. The molecule has 2 aromatic rings. The SMILES string of the molecule is Cc1cc(NC(=O)N2CCOC(c3ccnn3C)C2)cc(C)n1. The number of amides is 2. The molecule has 1 atom stereocenters. The van der Waals surface area contributed by atoms with Gasteiger partial charge in [0.2, 0.25) is 0 Å². The van der Waals surface area contributed by atoms with Gasteiger partial charge in [-0.3, -0.25) is 9.67 Å². The maximum absolute atomic E-state index is 12.5. The predicted molar refractivity (Wildman–Crippen MR) is 86.2 cm³/mol. The van der Waals surface area contributed by atoms with Crippen LogP contribution in [0.15, 0.2) is 24.4 Å². The zero-order chi connectivity index (χ0) is 16.4. The Kier molecular flexibility index (Phi) is 4.29. The summed E-state index contributed by atoms with van der Waals surface area (Å²) in [6.07, 6.45) is 1.59. The second-order valence-electron chi connectivity index (χ2n) is 5.75. The van der Waals surface area contributed by atoms with E-state index in [1.165, 1.54) is 0 Å². The summed E-state index contributed by atoms with van der Waals surface area (Å²) in [4.78, 5) is 18.6. The number of anilines is 1. The van der Waals surface area contributed by atoms with Gasteiger partial charge in [0.05, 0.1) is 18.8 Å². The van der Waals surface area contributed by atoms with Crippen LogP contribution in [0.3, 0.4) is 0 Å². The topological polar surface area (TPSA) is 72.3 Å². The smallest absolute Gasteiger partial charge is 0.322 e. The molecule has 0 aliphatic carbocycles. The van der Waals surface area contributed by atoms with E-state index in [9.17, 15) is 4.79 Å². The minimum Gasteiger partial charge on any atom is -0.368 e. The minimum absolute atomic E-state index is 0.120. The van der Waals surface area contributed by atoms with Crippen LogP contribution in [-0.4, -0.2) is 45.4 Å². The van der Waals surface area contributed by atoms with Crippen molar-refractivity contribution in [2.75, 3.05) is 25.0 Å². The Bertz CT molecular complexity index is 692. The van der Waals surface area contributed by atoms with Crippen molar-refractivity contribution in [3.8, 4) is 0 Å². The lowest BCUT2D eigenvalue weighted by Crippen LogP contribution is -2.44. The second-order valence-corrected chi connectivity index (χ2v) is 5.75. The van der Waals surface area contributed by atoms with Crippen LogP contribution in [0.1, 0.15) is 23.2 Å². The molecule has 1 aliphatic heterocycles. The van der Waals surface area contributed by atoms with E-state index in [1.807, 2.05) is 39.1 Å². The summed E-state index contributed by atoms with van der Waals surface area (Å²) >= 11 is 0. The zero-order valence-corrected chi connectivity index (χ0v) is 13.6. The summed E-state index contributed by atoms with van der Waals surface area (Å²) in [5.41, 5.74) is 3.51. The van der Waals surface area contributed by atoms with E-state index in [0.717, 1.165) is 22.8 Å². The molecule has 0 saturated carbocycles. The van der Waals surface area contributed by atoms with Gasteiger partial charge in [0.25, 0.3) is 0 Å². The number of urea groups is 1. The van der Waals surface area contributed by atoms with E-state index in [-0.39, 0.29) is 12.1 Å². The fourth-order valence-electron chi connectivity index (χ4n) is 2.82. The molecule has 122 valence electrons. The largest absolute Gasteiger partial charge is 0.368 e. The Balaban J connectivity index is 1.68.